The number of amides is 3. The van der Waals surface area contributed by atoms with Crippen LogP contribution in [0, 0.1) is 5.82 Å². The molecule has 1 aromatic carbocycles. The molecule has 42 heavy (non-hydrogen) atoms. The fourth-order valence-corrected chi connectivity index (χ4v) is 5.41. The summed E-state index contributed by atoms with van der Waals surface area (Å²) < 4.78 is 37.6. The SMILES string of the molecule is CSCCC(=O)N(C(C(=O)Nc1ccc(Cl)cc1F)[C@@H]1C[C@H](CC(=O)OC(C)(C)C)OC(C)(C)O1)[C@@H]1CNC(=O)OC1. The smallest absolute Gasteiger partial charge is 0.407 e. The highest BCUT2D eigenvalue weighted by molar-refractivity contribution is 7.98. The first-order chi connectivity index (χ1) is 19.6. The zero-order valence-corrected chi connectivity index (χ0v) is 26.2. The minimum absolute atomic E-state index is 0.0247. The number of nitrogens with zero attached hydrogens (tertiary/aromatic N) is 1. The monoisotopic (exact) mass is 631 g/mol. The summed E-state index contributed by atoms with van der Waals surface area (Å²) in [7, 11) is 0. The Bertz CT molecular complexity index is 1150. The van der Waals surface area contributed by atoms with Crippen molar-refractivity contribution >= 4 is 52.9 Å². The van der Waals surface area contributed by atoms with Crippen LogP contribution >= 0.6 is 23.4 Å². The second-order valence-electron chi connectivity index (χ2n) is 11.6. The summed E-state index contributed by atoms with van der Waals surface area (Å²) in [5.41, 5.74) is -0.857. The summed E-state index contributed by atoms with van der Waals surface area (Å²) >= 11 is 7.35. The molecule has 0 aliphatic carbocycles. The number of benzene rings is 1. The Balaban J connectivity index is 2.02. The van der Waals surface area contributed by atoms with Crippen LogP contribution in [0.1, 0.15) is 53.9 Å². The van der Waals surface area contributed by atoms with Crippen molar-refractivity contribution in [3.8, 4) is 0 Å². The van der Waals surface area contributed by atoms with Gasteiger partial charge in [-0.25, -0.2) is 9.18 Å². The average Bonchev–Trinajstić information content (AvgIpc) is 2.85. The molecule has 0 bridgehead atoms. The van der Waals surface area contributed by atoms with Crippen molar-refractivity contribution in [1.29, 1.82) is 0 Å². The largest absolute Gasteiger partial charge is 0.460 e. The lowest BCUT2D eigenvalue weighted by Gasteiger charge is -2.47. The molecule has 3 amide bonds. The van der Waals surface area contributed by atoms with Crippen LogP contribution in [0.25, 0.3) is 0 Å². The molecule has 4 atom stereocenters. The average molecular weight is 632 g/mol. The molecule has 2 aliphatic heterocycles. The second-order valence-corrected chi connectivity index (χ2v) is 13.0. The zero-order chi connectivity index (χ0) is 31.2. The molecule has 0 saturated carbocycles. The molecule has 3 rings (SSSR count). The molecule has 2 N–H and O–H groups in total. The van der Waals surface area contributed by atoms with Gasteiger partial charge in [-0.1, -0.05) is 11.6 Å². The van der Waals surface area contributed by atoms with Gasteiger partial charge in [-0.15, -0.1) is 0 Å². The van der Waals surface area contributed by atoms with E-state index in [1.165, 1.54) is 28.8 Å². The summed E-state index contributed by atoms with van der Waals surface area (Å²) in [5.74, 6) is -3.17. The molecule has 2 fully saturated rings. The highest BCUT2D eigenvalue weighted by atomic mass is 35.5. The van der Waals surface area contributed by atoms with Gasteiger partial charge in [0.05, 0.1) is 30.4 Å². The highest BCUT2D eigenvalue weighted by Gasteiger charge is 2.48. The Labute approximate surface area is 254 Å². The number of carbonyl (C=O) groups excluding carboxylic acids is 4. The van der Waals surface area contributed by atoms with E-state index in [2.05, 4.69) is 10.6 Å². The van der Waals surface area contributed by atoms with E-state index in [0.29, 0.717) is 5.75 Å². The zero-order valence-electron chi connectivity index (χ0n) is 24.7. The standard InChI is InChI=1S/C28H39ClFN3O8S/c1-27(2,3)41-23(35)13-18-12-21(40-28(4,5)39-18)24(25(36)32-20-8-7-16(29)11-19(20)30)33(22(34)9-10-42-6)17-14-31-26(37)38-15-17/h7-8,11,17-18,21,24H,9-10,12-15H2,1-6H3,(H,31,37)(H,32,36)/t17-,18-,21+,24?/m1/s1. The maximum atomic E-state index is 14.8. The van der Waals surface area contributed by atoms with Gasteiger partial charge >= 0.3 is 12.1 Å². The normalized spacial score (nSPS) is 22.8. The summed E-state index contributed by atoms with van der Waals surface area (Å²) in [4.78, 5) is 53.6. The number of alkyl carbamates (subject to hydrolysis) is 1. The summed E-state index contributed by atoms with van der Waals surface area (Å²) in [6.45, 7) is 8.39. The first kappa shape index (κ1) is 33.9. The summed E-state index contributed by atoms with van der Waals surface area (Å²) in [6, 6.07) is 1.75. The van der Waals surface area contributed by atoms with Gasteiger partial charge in [0, 0.05) is 30.2 Å². The van der Waals surface area contributed by atoms with E-state index in [1.807, 2.05) is 6.26 Å². The van der Waals surface area contributed by atoms with Gasteiger partial charge in [0.2, 0.25) is 11.8 Å². The van der Waals surface area contributed by atoms with Gasteiger partial charge in [0.1, 0.15) is 24.1 Å². The van der Waals surface area contributed by atoms with Crippen molar-refractivity contribution in [1.82, 2.24) is 10.2 Å². The Morgan fingerprint density at radius 3 is 2.60 bits per heavy atom. The molecule has 11 nitrogen and oxygen atoms in total. The number of hydrogen-bond donors (Lipinski definition) is 2. The number of halogens is 2. The van der Waals surface area contributed by atoms with Gasteiger partial charge in [-0.05, 0) is 59.1 Å². The fourth-order valence-electron chi connectivity index (χ4n) is 4.87. The van der Waals surface area contributed by atoms with Crippen molar-refractivity contribution in [2.45, 2.75) is 89.6 Å². The first-order valence-corrected chi connectivity index (χ1v) is 15.4. The lowest BCUT2D eigenvalue weighted by Crippen LogP contribution is -2.65. The Hall–Kier alpha value is -2.61. The maximum absolute atomic E-state index is 14.8. The van der Waals surface area contributed by atoms with Gasteiger partial charge in [-0.2, -0.15) is 11.8 Å². The number of carbonyl (C=O) groups is 4. The molecule has 14 heteroatoms. The van der Waals surface area contributed by atoms with Gasteiger partial charge < -0.3 is 34.5 Å². The highest BCUT2D eigenvalue weighted by Crippen LogP contribution is 2.34. The van der Waals surface area contributed by atoms with E-state index >= 15 is 0 Å². The third-order valence-electron chi connectivity index (χ3n) is 6.39. The maximum Gasteiger partial charge on any atom is 0.407 e. The predicted molar refractivity (Wildman–Crippen MR) is 156 cm³/mol. The molecule has 2 heterocycles. The van der Waals surface area contributed by atoms with Crippen molar-refractivity contribution < 1.29 is 42.5 Å². The van der Waals surface area contributed by atoms with Gasteiger partial charge in [-0.3, -0.25) is 14.4 Å². The number of ether oxygens (including phenoxy) is 4. The molecule has 1 aromatic rings. The van der Waals surface area contributed by atoms with Gasteiger partial charge in [0.15, 0.2) is 5.79 Å². The van der Waals surface area contributed by atoms with Crippen molar-refractivity contribution in [2.24, 2.45) is 0 Å². The number of anilines is 1. The molecule has 2 saturated heterocycles. The van der Waals surface area contributed by atoms with E-state index in [1.54, 1.807) is 34.6 Å². The predicted octanol–water partition coefficient (Wildman–Crippen LogP) is 4.12. The molecule has 1 unspecified atom stereocenters. The number of rotatable bonds is 10. The summed E-state index contributed by atoms with van der Waals surface area (Å²) in [5, 5.41) is 5.28. The number of cyclic esters (lactones) is 1. The van der Waals surface area contributed by atoms with Crippen LogP contribution in [-0.2, 0) is 33.3 Å². The third kappa shape index (κ3) is 9.72. The molecule has 0 spiro atoms. The lowest BCUT2D eigenvalue weighted by atomic mass is 9.95. The Morgan fingerprint density at radius 2 is 2.00 bits per heavy atom. The van der Waals surface area contributed by atoms with Crippen LogP contribution in [0.15, 0.2) is 18.2 Å². The number of thioether (sulfide) groups is 1. The number of hydrogen-bond acceptors (Lipinski definition) is 9. The van der Waals surface area contributed by atoms with E-state index < -0.39 is 59.5 Å². The van der Waals surface area contributed by atoms with E-state index in [4.69, 9.17) is 30.5 Å². The van der Waals surface area contributed by atoms with E-state index in [0.717, 1.165) is 6.07 Å². The molecular formula is C28H39ClFN3O8S. The Morgan fingerprint density at radius 1 is 1.29 bits per heavy atom. The fraction of sp³-hybridized carbons (Fsp3) is 0.643. The van der Waals surface area contributed by atoms with Crippen LogP contribution in [0.4, 0.5) is 14.9 Å². The van der Waals surface area contributed by atoms with Crippen molar-refractivity contribution in [3.05, 3.63) is 29.0 Å². The third-order valence-corrected chi connectivity index (χ3v) is 7.24. The van der Waals surface area contributed by atoms with E-state index in [-0.39, 0.29) is 49.0 Å². The summed E-state index contributed by atoms with van der Waals surface area (Å²) in [6.07, 6.45) is -0.513. The van der Waals surface area contributed by atoms with Crippen LogP contribution in [-0.4, -0.2) is 89.6 Å². The molecule has 2 aliphatic rings. The van der Waals surface area contributed by atoms with Crippen LogP contribution in [0.2, 0.25) is 5.02 Å². The minimum Gasteiger partial charge on any atom is -0.460 e. The first-order valence-electron chi connectivity index (χ1n) is 13.6. The number of esters is 1. The quantitative estimate of drug-likeness (QED) is 0.366. The lowest BCUT2D eigenvalue weighted by molar-refractivity contribution is -0.306. The van der Waals surface area contributed by atoms with Crippen LogP contribution < -0.4 is 10.6 Å². The van der Waals surface area contributed by atoms with Crippen LogP contribution in [0.3, 0.4) is 0 Å². The van der Waals surface area contributed by atoms with Gasteiger partial charge in [0.25, 0.3) is 0 Å². The molecule has 234 valence electrons. The molecule has 0 aromatic heterocycles. The molecule has 0 radical (unpaired) electrons. The van der Waals surface area contributed by atoms with Crippen LogP contribution in [0.5, 0.6) is 0 Å². The van der Waals surface area contributed by atoms with E-state index in [9.17, 15) is 23.6 Å². The van der Waals surface area contributed by atoms with Crippen molar-refractivity contribution in [3.63, 3.8) is 0 Å². The second kappa shape index (κ2) is 14.2. The minimum atomic E-state index is -1.32. The Kier molecular flexibility index (Phi) is 11.5. The molecular weight excluding hydrogens is 593 g/mol. The number of nitrogens with one attached hydrogen (secondary N) is 2. The topological polar surface area (TPSA) is 132 Å². The van der Waals surface area contributed by atoms with Crippen molar-refractivity contribution in [2.75, 3.05) is 30.5 Å².